The number of hydrogen-bond acceptors (Lipinski definition) is 5. The van der Waals surface area contributed by atoms with E-state index in [1.165, 1.54) is 13.0 Å². The number of thioether (sulfide) groups is 1. The molecule has 1 aromatic carbocycles. The topological polar surface area (TPSA) is 57.5 Å². The molecule has 5 nitrogen and oxygen atoms in total. The molecule has 0 saturated carbocycles. The van der Waals surface area contributed by atoms with E-state index < -0.39 is 0 Å². The predicted molar refractivity (Wildman–Crippen MR) is 119 cm³/mol. The Balaban J connectivity index is 2.09. The van der Waals surface area contributed by atoms with Crippen LogP contribution in [0.4, 0.5) is 0 Å². The zero-order valence-corrected chi connectivity index (χ0v) is 18.7. The predicted octanol–water partition coefficient (Wildman–Crippen LogP) is 5.09. The van der Waals surface area contributed by atoms with Crippen molar-refractivity contribution in [2.45, 2.75) is 33.7 Å². The van der Waals surface area contributed by atoms with Crippen molar-refractivity contribution >= 4 is 29.1 Å². The zero-order valence-electron chi connectivity index (χ0n) is 17.2. The van der Waals surface area contributed by atoms with Crippen LogP contribution in [0.2, 0.25) is 5.02 Å². The maximum Gasteiger partial charge on any atom is 0.192 e. The summed E-state index contributed by atoms with van der Waals surface area (Å²) in [7, 11) is 0. The summed E-state index contributed by atoms with van der Waals surface area (Å²) in [5.74, 6) is 3.10. The lowest BCUT2D eigenvalue weighted by atomic mass is 10.0. The van der Waals surface area contributed by atoms with Gasteiger partial charge in [0.05, 0.1) is 28.9 Å². The number of rotatable bonds is 7. The largest absolute Gasteiger partial charge is 0.491 e. The Hall–Kier alpha value is -1.92. The fourth-order valence-corrected chi connectivity index (χ4v) is 4.10. The number of carbonyl (C=O) groups excluding carboxylic acids is 1. The van der Waals surface area contributed by atoms with E-state index in [1.807, 2.05) is 4.57 Å². The number of pyridine rings is 1. The maximum absolute atomic E-state index is 12.6. The summed E-state index contributed by atoms with van der Waals surface area (Å²) < 4.78 is 13.9. The van der Waals surface area contributed by atoms with Gasteiger partial charge in [-0.05, 0) is 24.7 Å². The molecule has 0 radical (unpaired) electrons. The number of carbonyl (C=O) groups is 1. The van der Waals surface area contributed by atoms with Crippen molar-refractivity contribution < 1.29 is 14.3 Å². The van der Waals surface area contributed by atoms with Gasteiger partial charge in [0.1, 0.15) is 18.1 Å². The fourth-order valence-electron chi connectivity index (χ4n) is 3.39. The van der Waals surface area contributed by atoms with Crippen molar-refractivity contribution in [2.24, 2.45) is 5.92 Å². The normalized spacial score (nSPS) is 15.3. The molecule has 156 valence electrons. The zero-order chi connectivity index (χ0) is 21.1. The number of benzene rings is 1. The third kappa shape index (κ3) is 4.64. The van der Waals surface area contributed by atoms with E-state index in [0.717, 1.165) is 17.1 Å². The number of halogens is 1. The standard InChI is InChI=1S/C22H26ClNO4S/c1-5-29-7-6-27-22-10-21-15(8-17(22)23)18-9-20(26)16(14(4)25)11-24(18)19(12-28-21)13(2)3/h8-11,13,19H,5-7,12H2,1-4H3. The van der Waals surface area contributed by atoms with E-state index in [0.29, 0.717) is 35.4 Å². The minimum Gasteiger partial charge on any atom is -0.491 e. The monoisotopic (exact) mass is 435 g/mol. The van der Waals surface area contributed by atoms with Crippen molar-refractivity contribution in [1.82, 2.24) is 4.57 Å². The molecule has 0 amide bonds. The van der Waals surface area contributed by atoms with Gasteiger partial charge >= 0.3 is 0 Å². The first-order valence-electron chi connectivity index (χ1n) is 9.77. The minimum absolute atomic E-state index is 0.0276. The molecule has 2 heterocycles. The maximum atomic E-state index is 12.6. The summed E-state index contributed by atoms with van der Waals surface area (Å²) in [6, 6.07) is 5.06. The average molecular weight is 436 g/mol. The molecule has 29 heavy (non-hydrogen) atoms. The molecule has 0 N–H and O–H groups in total. The lowest BCUT2D eigenvalue weighted by Crippen LogP contribution is -2.25. The molecule has 0 bridgehead atoms. The summed E-state index contributed by atoms with van der Waals surface area (Å²) >= 11 is 8.29. The third-order valence-corrected chi connectivity index (χ3v) is 6.15. The number of hydrogen-bond donors (Lipinski definition) is 0. The Labute approximate surface area is 180 Å². The van der Waals surface area contributed by atoms with Crippen LogP contribution in [-0.4, -0.2) is 35.1 Å². The van der Waals surface area contributed by atoms with Crippen LogP contribution in [0.5, 0.6) is 11.5 Å². The van der Waals surface area contributed by atoms with Crippen molar-refractivity contribution in [2.75, 3.05) is 24.7 Å². The molecule has 1 atom stereocenters. The molecular weight excluding hydrogens is 410 g/mol. The lowest BCUT2D eigenvalue weighted by molar-refractivity contribution is 0.101. The highest BCUT2D eigenvalue weighted by Crippen LogP contribution is 2.42. The summed E-state index contributed by atoms with van der Waals surface area (Å²) in [6.07, 6.45) is 1.66. The lowest BCUT2D eigenvalue weighted by Gasteiger charge is -2.24. The summed E-state index contributed by atoms with van der Waals surface area (Å²) in [4.78, 5) is 24.5. The minimum atomic E-state index is -0.299. The quantitative estimate of drug-likeness (QED) is 0.447. The number of fused-ring (bicyclic) bond motifs is 3. The van der Waals surface area contributed by atoms with Crippen LogP contribution >= 0.6 is 23.4 Å². The van der Waals surface area contributed by atoms with Gasteiger partial charge in [-0.15, -0.1) is 0 Å². The Morgan fingerprint density at radius 2 is 2.14 bits per heavy atom. The Morgan fingerprint density at radius 3 is 2.79 bits per heavy atom. The van der Waals surface area contributed by atoms with Crippen molar-refractivity contribution in [1.29, 1.82) is 0 Å². The first-order chi connectivity index (χ1) is 13.8. The van der Waals surface area contributed by atoms with E-state index in [9.17, 15) is 9.59 Å². The van der Waals surface area contributed by atoms with E-state index in [1.54, 1.807) is 30.1 Å². The highest BCUT2D eigenvalue weighted by Gasteiger charge is 2.27. The van der Waals surface area contributed by atoms with Crippen LogP contribution in [0, 0.1) is 5.92 Å². The first-order valence-corrected chi connectivity index (χ1v) is 11.3. The Kier molecular flexibility index (Phi) is 6.96. The molecule has 3 rings (SSSR count). The fraction of sp³-hybridized carbons (Fsp3) is 0.455. The van der Waals surface area contributed by atoms with Gasteiger partial charge in [-0.3, -0.25) is 9.59 Å². The molecule has 2 aromatic rings. The van der Waals surface area contributed by atoms with Gasteiger partial charge in [-0.1, -0.05) is 32.4 Å². The number of ketones is 1. The van der Waals surface area contributed by atoms with E-state index >= 15 is 0 Å². The van der Waals surface area contributed by atoms with Crippen molar-refractivity contribution in [3.63, 3.8) is 0 Å². The van der Waals surface area contributed by atoms with E-state index in [2.05, 4.69) is 20.8 Å². The van der Waals surface area contributed by atoms with E-state index in [-0.39, 0.29) is 28.7 Å². The van der Waals surface area contributed by atoms with Crippen LogP contribution in [-0.2, 0) is 0 Å². The first kappa shape index (κ1) is 21.8. The average Bonchev–Trinajstić information content (AvgIpc) is 2.81. The summed E-state index contributed by atoms with van der Waals surface area (Å²) in [5, 5.41) is 0.464. The van der Waals surface area contributed by atoms with Gasteiger partial charge < -0.3 is 14.0 Å². The van der Waals surface area contributed by atoms with Crippen molar-refractivity contribution in [3.05, 3.63) is 45.2 Å². The second-order valence-corrected chi connectivity index (χ2v) is 9.15. The number of ether oxygens (including phenoxy) is 2. The molecule has 1 aromatic heterocycles. The van der Waals surface area contributed by atoms with Gasteiger partial charge in [-0.25, -0.2) is 0 Å². The molecule has 0 saturated heterocycles. The van der Waals surface area contributed by atoms with E-state index in [4.69, 9.17) is 21.1 Å². The molecule has 1 aliphatic heterocycles. The Bertz CT molecular complexity index is 970. The molecule has 1 aliphatic rings. The summed E-state index contributed by atoms with van der Waals surface area (Å²) in [6.45, 7) is 8.68. The number of nitrogens with zero attached hydrogens (tertiary/aromatic N) is 1. The SMILES string of the molecule is CCSCCOc1cc2c(cc1Cl)-c1cc(=O)c(C(C)=O)cn1C(C(C)C)CO2. The van der Waals surface area contributed by atoms with Crippen LogP contribution < -0.4 is 14.9 Å². The van der Waals surface area contributed by atoms with Crippen LogP contribution in [0.25, 0.3) is 11.3 Å². The molecule has 0 fully saturated rings. The van der Waals surface area contributed by atoms with Gasteiger partial charge in [0.2, 0.25) is 0 Å². The highest BCUT2D eigenvalue weighted by atomic mass is 35.5. The van der Waals surface area contributed by atoms with Gasteiger partial charge in [-0.2, -0.15) is 11.8 Å². The molecule has 0 aliphatic carbocycles. The molecule has 7 heteroatoms. The van der Waals surface area contributed by atoms with Crippen LogP contribution in [0.1, 0.15) is 44.1 Å². The summed E-state index contributed by atoms with van der Waals surface area (Å²) in [5.41, 5.74) is 1.30. The second kappa shape index (κ2) is 9.26. The van der Waals surface area contributed by atoms with Gasteiger partial charge in [0, 0.05) is 29.6 Å². The van der Waals surface area contributed by atoms with Crippen LogP contribution in [0.3, 0.4) is 0 Å². The number of aromatic nitrogens is 1. The van der Waals surface area contributed by atoms with Gasteiger partial charge in [0.25, 0.3) is 0 Å². The molecule has 0 spiro atoms. The van der Waals surface area contributed by atoms with Crippen LogP contribution in [0.15, 0.2) is 29.2 Å². The highest BCUT2D eigenvalue weighted by molar-refractivity contribution is 7.99. The number of Topliss-reactive ketones (excluding diaryl/α,β-unsaturated/α-hetero) is 1. The van der Waals surface area contributed by atoms with Gasteiger partial charge in [0.15, 0.2) is 11.2 Å². The molecular formula is C22H26ClNO4S. The second-order valence-electron chi connectivity index (χ2n) is 7.35. The molecule has 1 unspecified atom stereocenters. The third-order valence-electron chi connectivity index (χ3n) is 4.99. The Morgan fingerprint density at radius 1 is 1.38 bits per heavy atom. The smallest absolute Gasteiger partial charge is 0.192 e. The van der Waals surface area contributed by atoms with Crippen molar-refractivity contribution in [3.8, 4) is 22.8 Å².